The zero-order chi connectivity index (χ0) is 16.0. The summed E-state index contributed by atoms with van der Waals surface area (Å²) in [4.78, 5) is 0.317. The van der Waals surface area contributed by atoms with Gasteiger partial charge in [0.15, 0.2) is 0 Å². The van der Waals surface area contributed by atoms with Crippen LogP contribution in [0.15, 0.2) is 29.2 Å². The largest absolute Gasteiger partial charge is 0.395 e. The first-order valence-electron chi connectivity index (χ1n) is 7.33. The molecule has 0 bridgehead atoms. The smallest absolute Gasteiger partial charge is 0.243 e. The molecule has 0 fully saturated rings. The van der Waals surface area contributed by atoms with Gasteiger partial charge in [-0.15, -0.1) is 0 Å². The molecule has 5 nitrogen and oxygen atoms in total. The molecule has 21 heavy (non-hydrogen) atoms. The fraction of sp³-hybridized carbons (Fsp3) is 0.600. The van der Waals surface area contributed by atoms with Gasteiger partial charge < -0.3 is 10.4 Å². The van der Waals surface area contributed by atoms with Crippen LogP contribution in [-0.4, -0.2) is 43.6 Å². The van der Waals surface area contributed by atoms with Crippen molar-refractivity contribution < 1.29 is 13.5 Å². The Hall–Kier alpha value is -0.950. The Bertz CT molecular complexity index is 524. The standard InChI is InChI=1S/C15H26N2O3S/c1-5-17(6-2)21(19,20)15-9-7-14(8-10-15)13(4)16-12(3)11-18/h7-10,12-13,16,18H,5-6,11H2,1-4H3/t12-,13?/m1/s1. The Balaban J connectivity index is 2.92. The molecule has 0 aromatic heterocycles. The number of hydrogen-bond donors (Lipinski definition) is 2. The van der Waals surface area contributed by atoms with Crippen LogP contribution < -0.4 is 5.32 Å². The summed E-state index contributed by atoms with van der Waals surface area (Å²) < 4.78 is 26.2. The van der Waals surface area contributed by atoms with E-state index in [0.717, 1.165) is 5.56 Å². The van der Waals surface area contributed by atoms with Gasteiger partial charge in [-0.25, -0.2) is 8.42 Å². The van der Waals surface area contributed by atoms with Gasteiger partial charge in [0.2, 0.25) is 10.0 Å². The second-order valence-electron chi connectivity index (χ2n) is 5.13. The van der Waals surface area contributed by atoms with E-state index in [1.807, 2.05) is 39.8 Å². The Morgan fingerprint density at radius 1 is 1.14 bits per heavy atom. The molecule has 1 aromatic rings. The van der Waals surface area contributed by atoms with Gasteiger partial charge >= 0.3 is 0 Å². The highest BCUT2D eigenvalue weighted by molar-refractivity contribution is 7.89. The predicted octanol–water partition coefficient (Wildman–Crippen LogP) is 1.75. The van der Waals surface area contributed by atoms with Crippen molar-refractivity contribution in [3.8, 4) is 0 Å². The molecule has 1 unspecified atom stereocenters. The second-order valence-corrected chi connectivity index (χ2v) is 7.07. The Morgan fingerprint density at radius 3 is 2.10 bits per heavy atom. The minimum Gasteiger partial charge on any atom is -0.395 e. The molecule has 0 saturated carbocycles. The van der Waals surface area contributed by atoms with Crippen LogP contribution >= 0.6 is 0 Å². The minimum atomic E-state index is -3.40. The molecule has 2 atom stereocenters. The van der Waals surface area contributed by atoms with Crippen molar-refractivity contribution in [3.05, 3.63) is 29.8 Å². The van der Waals surface area contributed by atoms with Crippen molar-refractivity contribution in [2.75, 3.05) is 19.7 Å². The fourth-order valence-electron chi connectivity index (χ4n) is 2.22. The van der Waals surface area contributed by atoms with Crippen LogP contribution in [0.2, 0.25) is 0 Å². The summed E-state index contributed by atoms with van der Waals surface area (Å²) in [5.74, 6) is 0. The summed E-state index contributed by atoms with van der Waals surface area (Å²) in [6, 6.07) is 6.97. The molecule has 0 saturated heterocycles. The molecule has 0 radical (unpaired) electrons. The van der Waals surface area contributed by atoms with E-state index in [1.165, 1.54) is 4.31 Å². The molecular formula is C15H26N2O3S. The molecule has 6 heteroatoms. The van der Waals surface area contributed by atoms with Gasteiger partial charge in [0.05, 0.1) is 11.5 Å². The summed E-state index contributed by atoms with van der Waals surface area (Å²) in [6.07, 6.45) is 0. The zero-order valence-electron chi connectivity index (χ0n) is 13.2. The topological polar surface area (TPSA) is 69.6 Å². The van der Waals surface area contributed by atoms with E-state index >= 15 is 0 Å². The van der Waals surface area contributed by atoms with E-state index in [9.17, 15) is 8.42 Å². The second kappa shape index (κ2) is 7.89. The number of hydrogen-bond acceptors (Lipinski definition) is 4. The quantitative estimate of drug-likeness (QED) is 0.767. The molecule has 0 heterocycles. The first kappa shape index (κ1) is 18.1. The van der Waals surface area contributed by atoms with Gasteiger partial charge in [0, 0.05) is 25.2 Å². The van der Waals surface area contributed by atoms with Crippen molar-refractivity contribution in [3.63, 3.8) is 0 Å². The average Bonchev–Trinajstić information content (AvgIpc) is 2.48. The SMILES string of the molecule is CCN(CC)S(=O)(=O)c1ccc(C(C)N[C@H](C)CO)cc1. The summed E-state index contributed by atoms with van der Waals surface area (Å²) >= 11 is 0. The highest BCUT2D eigenvalue weighted by Crippen LogP contribution is 2.19. The number of rotatable bonds is 8. The summed E-state index contributed by atoms with van der Waals surface area (Å²) in [7, 11) is -3.40. The van der Waals surface area contributed by atoms with Crippen LogP contribution in [0.25, 0.3) is 0 Å². The van der Waals surface area contributed by atoms with Crippen LogP contribution in [0, 0.1) is 0 Å². The molecular weight excluding hydrogens is 288 g/mol. The van der Waals surface area contributed by atoms with Crippen LogP contribution in [0.3, 0.4) is 0 Å². The fourth-order valence-corrected chi connectivity index (χ4v) is 3.67. The molecule has 0 aliphatic rings. The maximum atomic E-state index is 12.4. The lowest BCUT2D eigenvalue weighted by atomic mass is 10.1. The summed E-state index contributed by atoms with van der Waals surface area (Å²) in [6.45, 7) is 8.54. The predicted molar refractivity (Wildman–Crippen MR) is 84.6 cm³/mol. The van der Waals surface area contributed by atoms with E-state index in [4.69, 9.17) is 5.11 Å². The van der Waals surface area contributed by atoms with Crippen molar-refractivity contribution in [1.82, 2.24) is 9.62 Å². The summed E-state index contributed by atoms with van der Waals surface area (Å²) in [5, 5.41) is 12.3. The first-order chi connectivity index (χ1) is 9.86. The van der Waals surface area contributed by atoms with Gasteiger partial charge in [-0.2, -0.15) is 4.31 Å². The molecule has 0 spiro atoms. The van der Waals surface area contributed by atoms with E-state index in [-0.39, 0.29) is 18.7 Å². The lowest BCUT2D eigenvalue weighted by Gasteiger charge is -2.20. The molecule has 2 N–H and O–H groups in total. The number of aliphatic hydroxyl groups excluding tert-OH is 1. The third kappa shape index (κ3) is 4.51. The minimum absolute atomic E-state index is 0.000849. The zero-order valence-corrected chi connectivity index (χ0v) is 14.0. The van der Waals surface area contributed by atoms with E-state index in [1.54, 1.807) is 12.1 Å². The number of aliphatic hydroxyl groups is 1. The van der Waals surface area contributed by atoms with Crippen molar-refractivity contribution >= 4 is 10.0 Å². The monoisotopic (exact) mass is 314 g/mol. The maximum absolute atomic E-state index is 12.4. The summed E-state index contributed by atoms with van der Waals surface area (Å²) in [5.41, 5.74) is 0.994. The van der Waals surface area contributed by atoms with E-state index in [2.05, 4.69) is 5.32 Å². The van der Waals surface area contributed by atoms with E-state index in [0.29, 0.717) is 18.0 Å². The third-order valence-electron chi connectivity index (χ3n) is 3.53. The molecule has 1 rings (SSSR count). The van der Waals surface area contributed by atoms with Gasteiger partial charge in [-0.1, -0.05) is 26.0 Å². The van der Waals surface area contributed by atoms with Gasteiger partial charge in [-0.05, 0) is 31.5 Å². The number of nitrogens with one attached hydrogen (secondary N) is 1. The van der Waals surface area contributed by atoms with Crippen molar-refractivity contribution in [2.45, 2.75) is 44.7 Å². The normalized spacial score (nSPS) is 15.1. The first-order valence-corrected chi connectivity index (χ1v) is 8.77. The Labute approximate surface area is 128 Å². The Morgan fingerprint density at radius 2 is 1.67 bits per heavy atom. The van der Waals surface area contributed by atoms with Crippen LogP contribution in [-0.2, 0) is 10.0 Å². The van der Waals surface area contributed by atoms with Gasteiger partial charge in [-0.3, -0.25) is 0 Å². The van der Waals surface area contributed by atoms with E-state index < -0.39 is 10.0 Å². The van der Waals surface area contributed by atoms with Crippen molar-refractivity contribution in [2.24, 2.45) is 0 Å². The van der Waals surface area contributed by atoms with Gasteiger partial charge in [0.1, 0.15) is 0 Å². The average molecular weight is 314 g/mol. The van der Waals surface area contributed by atoms with Crippen LogP contribution in [0.1, 0.15) is 39.3 Å². The third-order valence-corrected chi connectivity index (χ3v) is 5.60. The van der Waals surface area contributed by atoms with Crippen LogP contribution in [0.4, 0.5) is 0 Å². The van der Waals surface area contributed by atoms with Crippen molar-refractivity contribution in [1.29, 1.82) is 0 Å². The van der Waals surface area contributed by atoms with Gasteiger partial charge in [0.25, 0.3) is 0 Å². The highest BCUT2D eigenvalue weighted by atomic mass is 32.2. The lowest BCUT2D eigenvalue weighted by molar-refractivity contribution is 0.243. The maximum Gasteiger partial charge on any atom is 0.243 e. The lowest BCUT2D eigenvalue weighted by Crippen LogP contribution is -2.32. The number of nitrogens with zero attached hydrogens (tertiary/aromatic N) is 1. The number of benzene rings is 1. The molecule has 0 aliphatic heterocycles. The molecule has 0 aliphatic carbocycles. The van der Waals surface area contributed by atoms with Crippen LogP contribution in [0.5, 0.6) is 0 Å². The Kier molecular flexibility index (Phi) is 6.80. The molecule has 120 valence electrons. The molecule has 0 amide bonds. The highest BCUT2D eigenvalue weighted by Gasteiger charge is 2.21. The molecule has 1 aromatic carbocycles. The number of sulfonamides is 1.